The molecule has 0 unspecified atom stereocenters. The minimum atomic E-state index is -3.22. The van der Waals surface area contributed by atoms with Crippen LogP contribution in [0.5, 0.6) is 0 Å². The van der Waals surface area contributed by atoms with Crippen molar-refractivity contribution in [3.63, 3.8) is 0 Å². The number of amides is 1. The molecule has 9 heteroatoms. The van der Waals surface area contributed by atoms with E-state index in [4.69, 9.17) is 0 Å². The maximum absolute atomic E-state index is 13.1. The first kappa shape index (κ1) is 21.3. The summed E-state index contributed by atoms with van der Waals surface area (Å²) in [4.78, 5) is 20.1. The van der Waals surface area contributed by atoms with E-state index in [1.807, 2.05) is 36.4 Å². The first-order valence-corrected chi connectivity index (χ1v) is 12.3. The summed E-state index contributed by atoms with van der Waals surface area (Å²) in [6, 6.07) is 11.3. The fourth-order valence-electron chi connectivity index (χ4n) is 3.14. The van der Waals surface area contributed by atoms with Gasteiger partial charge in [-0.05, 0) is 53.0 Å². The van der Waals surface area contributed by atoms with Gasteiger partial charge in [0, 0.05) is 41.7 Å². The van der Waals surface area contributed by atoms with Crippen molar-refractivity contribution in [2.45, 2.75) is 28.8 Å². The Hall–Kier alpha value is -1.42. The predicted octanol–water partition coefficient (Wildman–Crippen LogP) is 3.49. The summed E-state index contributed by atoms with van der Waals surface area (Å²) in [5, 5.41) is 0.817. The second-order valence-corrected chi connectivity index (χ2v) is 10.7. The number of piperidine rings is 1. The highest BCUT2D eigenvalue weighted by Crippen LogP contribution is 2.31. The molecule has 0 radical (unpaired) electrons. The summed E-state index contributed by atoms with van der Waals surface area (Å²) in [6.45, 7) is 1.08. The first-order chi connectivity index (χ1) is 13.3. The minimum absolute atomic E-state index is 0.0272. The number of sulfonamides is 1. The Morgan fingerprint density at radius 3 is 2.50 bits per heavy atom. The largest absolute Gasteiger partial charge is 0.338 e. The molecule has 1 aliphatic rings. The molecule has 6 nitrogen and oxygen atoms in total. The van der Waals surface area contributed by atoms with Gasteiger partial charge in [0.25, 0.3) is 5.91 Å². The van der Waals surface area contributed by atoms with Gasteiger partial charge < -0.3 is 4.90 Å². The lowest BCUT2D eigenvalue weighted by Crippen LogP contribution is -2.47. The molecular formula is C19H22BrN3O3S2. The lowest BCUT2D eigenvalue weighted by atomic mass is 10.0. The summed E-state index contributed by atoms with van der Waals surface area (Å²) < 4.78 is 25.8. The van der Waals surface area contributed by atoms with Crippen molar-refractivity contribution in [2.24, 2.45) is 0 Å². The van der Waals surface area contributed by atoms with Crippen LogP contribution in [0.25, 0.3) is 0 Å². The lowest BCUT2D eigenvalue weighted by Gasteiger charge is -2.35. The van der Waals surface area contributed by atoms with E-state index < -0.39 is 10.0 Å². The van der Waals surface area contributed by atoms with E-state index in [9.17, 15) is 13.2 Å². The van der Waals surface area contributed by atoms with Crippen LogP contribution in [0.2, 0.25) is 0 Å². The summed E-state index contributed by atoms with van der Waals surface area (Å²) >= 11 is 4.83. The van der Waals surface area contributed by atoms with Gasteiger partial charge in [-0.2, -0.15) is 0 Å². The molecule has 150 valence electrons. The van der Waals surface area contributed by atoms with Crippen LogP contribution in [0.4, 0.5) is 0 Å². The number of pyridine rings is 1. The highest BCUT2D eigenvalue weighted by molar-refractivity contribution is 9.10. The molecule has 0 saturated carbocycles. The molecule has 0 aliphatic carbocycles. The van der Waals surface area contributed by atoms with Crippen molar-refractivity contribution in [1.29, 1.82) is 0 Å². The van der Waals surface area contributed by atoms with E-state index in [1.54, 1.807) is 18.1 Å². The maximum Gasteiger partial charge on any atom is 0.255 e. The molecule has 28 heavy (non-hydrogen) atoms. The van der Waals surface area contributed by atoms with E-state index in [1.165, 1.54) is 22.3 Å². The Labute approximate surface area is 178 Å². The SMILES string of the molecule is CN(C1CCN(C(=O)c2ccccc2Sc2ccc(Br)cn2)CC1)S(C)(=O)=O. The minimum Gasteiger partial charge on any atom is -0.338 e. The third kappa shape index (κ3) is 5.14. The van der Waals surface area contributed by atoms with E-state index in [2.05, 4.69) is 20.9 Å². The molecule has 1 amide bonds. The summed E-state index contributed by atoms with van der Waals surface area (Å²) in [5.41, 5.74) is 0.645. The molecule has 1 aromatic carbocycles. The Balaban J connectivity index is 1.71. The topological polar surface area (TPSA) is 70.6 Å². The average Bonchev–Trinajstić information content (AvgIpc) is 2.68. The molecular weight excluding hydrogens is 462 g/mol. The molecule has 0 bridgehead atoms. The van der Waals surface area contributed by atoms with Crippen LogP contribution in [-0.4, -0.2) is 60.9 Å². The van der Waals surface area contributed by atoms with Gasteiger partial charge in [0.05, 0.1) is 11.8 Å². The molecule has 3 rings (SSSR count). The predicted molar refractivity (Wildman–Crippen MR) is 114 cm³/mol. The third-order valence-electron chi connectivity index (χ3n) is 4.82. The van der Waals surface area contributed by atoms with Gasteiger partial charge in [0.1, 0.15) is 5.03 Å². The van der Waals surface area contributed by atoms with E-state index in [-0.39, 0.29) is 11.9 Å². The Bertz CT molecular complexity index is 943. The number of likely N-dealkylation sites (tertiary alicyclic amines) is 1. The number of hydrogen-bond acceptors (Lipinski definition) is 5. The first-order valence-electron chi connectivity index (χ1n) is 8.86. The van der Waals surface area contributed by atoms with Gasteiger partial charge in [0.2, 0.25) is 10.0 Å². The van der Waals surface area contributed by atoms with Crippen molar-refractivity contribution < 1.29 is 13.2 Å². The van der Waals surface area contributed by atoms with Gasteiger partial charge in [0.15, 0.2) is 0 Å². The van der Waals surface area contributed by atoms with Crippen molar-refractivity contribution in [1.82, 2.24) is 14.2 Å². The zero-order valence-corrected chi connectivity index (χ0v) is 18.9. The maximum atomic E-state index is 13.1. The number of benzene rings is 1. The second kappa shape index (κ2) is 8.94. The van der Waals surface area contributed by atoms with Crippen molar-refractivity contribution in [3.8, 4) is 0 Å². The molecule has 1 saturated heterocycles. The monoisotopic (exact) mass is 483 g/mol. The van der Waals surface area contributed by atoms with Crippen LogP contribution in [0, 0.1) is 0 Å². The highest BCUT2D eigenvalue weighted by atomic mass is 79.9. The summed E-state index contributed by atoms with van der Waals surface area (Å²) in [7, 11) is -1.61. The van der Waals surface area contributed by atoms with Crippen LogP contribution in [-0.2, 0) is 10.0 Å². The zero-order valence-electron chi connectivity index (χ0n) is 15.7. The van der Waals surface area contributed by atoms with E-state index in [0.717, 1.165) is 14.4 Å². The van der Waals surface area contributed by atoms with Gasteiger partial charge in [-0.15, -0.1) is 0 Å². The quantitative estimate of drug-likeness (QED) is 0.650. The Kier molecular flexibility index (Phi) is 6.80. The number of carbonyl (C=O) groups excluding carboxylic acids is 1. The molecule has 1 aromatic heterocycles. The summed E-state index contributed by atoms with van der Waals surface area (Å²) in [5.74, 6) is -0.0272. The van der Waals surface area contributed by atoms with Gasteiger partial charge in [-0.25, -0.2) is 17.7 Å². The van der Waals surface area contributed by atoms with Crippen molar-refractivity contribution >= 4 is 43.6 Å². The smallest absolute Gasteiger partial charge is 0.255 e. The molecule has 2 aromatic rings. The number of rotatable bonds is 5. The van der Waals surface area contributed by atoms with Crippen LogP contribution in [0.1, 0.15) is 23.2 Å². The Morgan fingerprint density at radius 1 is 1.21 bits per heavy atom. The van der Waals surface area contributed by atoms with E-state index >= 15 is 0 Å². The zero-order chi connectivity index (χ0) is 20.3. The van der Waals surface area contributed by atoms with Gasteiger partial charge in [-0.3, -0.25) is 4.79 Å². The number of hydrogen-bond donors (Lipinski definition) is 0. The number of nitrogens with zero attached hydrogens (tertiary/aromatic N) is 3. The molecule has 0 atom stereocenters. The number of aromatic nitrogens is 1. The highest BCUT2D eigenvalue weighted by Gasteiger charge is 2.30. The molecule has 0 N–H and O–H groups in total. The molecule has 2 heterocycles. The van der Waals surface area contributed by atoms with Gasteiger partial charge in [-0.1, -0.05) is 23.9 Å². The third-order valence-corrected chi connectivity index (χ3v) is 7.66. The van der Waals surface area contributed by atoms with Crippen molar-refractivity contribution in [3.05, 3.63) is 52.6 Å². The number of carbonyl (C=O) groups is 1. The normalized spacial score (nSPS) is 15.8. The van der Waals surface area contributed by atoms with Crippen LogP contribution in [0.15, 0.2) is 57.0 Å². The van der Waals surface area contributed by atoms with Crippen molar-refractivity contribution in [2.75, 3.05) is 26.4 Å². The van der Waals surface area contributed by atoms with Gasteiger partial charge >= 0.3 is 0 Å². The molecule has 0 spiro atoms. The van der Waals surface area contributed by atoms with E-state index in [0.29, 0.717) is 31.5 Å². The lowest BCUT2D eigenvalue weighted by molar-refractivity contribution is 0.0683. The van der Waals surface area contributed by atoms with Crippen LogP contribution >= 0.6 is 27.7 Å². The fraction of sp³-hybridized carbons (Fsp3) is 0.368. The fourth-order valence-corrected chi connectivity index (χ4v) is 5.01. The molecule has 1 aliphatic heterocycles. The standard InChI is InChI=1S/C19H22BrN3O3S2/c1-22(28(2,25)26)15-9-11-23(12-10-15)19(24)16-5-3-4-6-17(16)27-18-8-7-14(20)13-21-18/h3-8,13,15H,9-12H2,1-2H3. The average molecular weight is 484 g/mol. The Morgan fingerprint density at radius 2 is 1.89 bits per heavy atom. The number of halogens is 1. The molecule has 1 fully saturated rings. The van der Waals surface area contributed by atoms with Crippen LogP contribution in [0.3, 0.4) is 0 Å². The van der Waals surface area contributed by atoms with Crippen LogP contribution < -0.4 is 0 Å². The summed E-state index contributed by atoms with van der Waals surface area (Å²) in [6.07, 6.45) is 4.22. The second-order valence-electron chi connectivity index (χ2n) is 6.72.